The average Bonchev–Trinajstić information content (AvgIpc) is 2.82. The summed E-state index contributed by atoms with van der Waals surface area (Å²) in [4.78, 5) is 11.4. The second-order valence-electron chi connectivity index (χ2n) is 6.99. The van der Waals surface area contributed by atoms with E-state index >= 15 is 0 Å². The Morgan fingerprint density at radius 1 is 1.23 bits per heavy atom. The minimum absolute atomic E-state index is 0.0867. The zero-order chi connectivity index (χ0) is 15.2. The number of para-hydroxylation sites is 1. The number of fused-ring (bicyclic) bond motifs is 3. The number of aryl methyl sites for hydroxylation is 1. The first kappa shape index (κ1) is 13.9. The number of carbonyl (C=O) groups is 1. The van der Waals surface area contributed by atoms with Crippen LogP contribution < -0.4 is 5.32 Å². The van der Waals surface area contributed by atoms with E-state index in [0.717, 1.165) is 13.1 Å². The second kappa shape index (κ2) is 5.15. The molecule has 0 atom stereocenters. The normalized spacial score (nSPS) is 19.5. The molecule has 22 heavy (non-hydrogen) atoms. The van der Waals surface area contributed by atoms with Gasteiger partial charge in [-0.25, -0.2) is 0 Å². The van der Waals surface area contributed by atoms with Crippen molar-refractivity contribution >= 4 is 16.8 Å². The van der Waals surface area contributed by atoms with Crippen LogP contribution in [0.15, 0.2) is 24.3 Å². The number of benzene rings is 1. The van der Waals surface area contributed by atoms with E-state index in [2.05, 4.69) is 34.1 Å². The zero-order valence-corrected chi connectivity index (χ0v) is 13.3. The monoisotopic (exact) mass is 296 g/mol. The summed E-state index contributed by atoms with van der Waals surface area (Å²) in [6, 6.07) is 8.85. The Hall–Kier alpha value is -1.77. The molecule has 0 bridgehead atoms. The first-order chi connectivity index (χ1) is 10.7. The topological polar surface area (TPSA) is 34.0 Å². The van der Waals surface area contributed by atoms with E-state index in [1.165, 1.54) is 55.1 Å². The summed E-state index contributed by atoms with van der Waals surface area (Å²) >= 11 is 0. The van der Waals surface area contributed by atoms with Gasteiger partial charge in [-0.15, -0.1) is 0 Å². The Bertz CT molecular complexity index is 724. The van der Waals surface area contributed by atoms with Crippen molar-refractivity contribution < 1.29 is 4.79 Å². The predicted octanol–water partition coefficient (Wildman–Crippen LogP) is 3.54. The summed E-state index contributed by atoms with van der Waals surface area (Å²) < 4.78 is 2.54. The number of amides is 1. The minimum Gasteiger partial charge on any atom is -0.355 e. The van der Waals surface area contributed by atoms with Crippen molar-refractivity contribution in [3.63, 3.8) is 0 Å². The summed E-state index contributed by atoms with van der Waals surface area (Å²) in [6.07, 6.45) is 7.44. The molecule has 4 rings (SSSR count). The van der Waals surface area contributed by atoms with Crippen molar-refractivity contribution in [2.75, 3.05) is 6.54 Å². The number of carbonyl (C=O) groups excluding carboxylic acids is 1. The van der Waals surface area contributed by atoms with Crippen LogP contribution >= 0.6 is 0 Å². The van der Waals surface area contributed by atoms with Gasteiger partial charge in [0.25, 0.3) is 0 Å². The molecule has 116 valence electrons. The molecule has 1 saturated carbocycles. The van der Waals surface area contributed by atoms with Crippen LogP contribution in [-0.4, -0.2) is 17.0 Å². The molecule has 2 aromatic rings. The standard InChI is InChI=1S/C19H24N2O/c1-14(22)20-13-19(10-6-11-19)18-15-7-2-3-8-16(15)21-12-5-4-9-17(18)21/h2-3,7-8H,4-6,9-13H2,1H3,(H,20,22). The molecule has 1 N–H and O–H groups in total. The third-order valence-corrected chi connectivity index (χ3v) is 5.64. The molecule has 1 aliphatic carbocycles. The molecule has 1 amide bonds. The van der Waals surface area contributed by atoms with Crippen LogP contribution in [0, 0.1) is 0 Å². The van der Waals surface area contributed by atoms with E-state index in [0.29, 0.717) is 0 Å². The summed E-state index contributed by atoms with van der Waals surface area (Å²) in [5, 5.41) is 4.52. The first-order valence-corrected chi connectivity index (χ1v) is 8.56. The lowest BCUT2D eigenvalue weighted by Crippen LogP contribution is -2.45. The summed E-state index contributed by atoms with van der Waals surface area (Å²) in [5.74, 6) is 0.0867. The van der Waals surface area contributed by atoms with Crippen LogP contribution in [0.1, 0.15) is 50.3 Å². The van der Waals surface area contributed by atoms with Crippen LogP contribution in [0.5, 0.6) is 0 Å². The highest BCUT2D eigenvalue weighted by molar-refractivity contribution is 5.87. The zero-order valence-electron chi connectivity index (χ0n) is 13.3. The Kier molecular flexibility index (Phi) is 3.24. The SMILES string of the molecule is CC(=O)NCC1(c2c3n(c4ccccc24)CCCC3)CCC1. The van der Waals surface area contributed by atoms with Crippen molar-refractivity contribution in [2.24, 2.45) is 0 Å². The van der Waals surface area contributed by atoms with Gasteiger partial charge in [-0.3, -0.25) is 4.79 Å². The third kappa shape index (κ3) is 1.98. The molecule has 1 aromatic heterocycles. The van der Waals surface area contributed by atoms with Crippen LogP contribution in [0.25, 0.3) is 10.9 Å². The Morgan fingerprint density at radius 2 is 2.05 bits per heavy atom. The number of aromatic nitrogens is 1. The third-order valence-electron chi connectivity index (χ3n) is 5.64. The van der Waals surface area contributed by atoms with Gasteiger partial charge in [0.15, 0.2) is 0 Å². The molecular weight excluding hydrogens is 272 g/mol. The number of nitrogens with zero attached hydrogens (tertiary/aromatic N) is 1. The maximum atomic E-state index is 11.4. The highest BCUT2D eigenvalue weighted by Crippen LogP contribution is 2.49. The second-order valence-corrected chi connectivity index (χ2v) is 6.99. The molecule has 1 aromatic carbocycles. The van der Waals surface area contributed by atoms with Crippen molar-refractivity contribution in [2.45, 2.75) is 57.4 Å². The van der Waals surface area contributed by atoms with Gasteiger partial charge in [-0.05, 0) is 43.7 Å². The van der Waals surface area contributed by atoms with Gasteiger partial charge in [0.1, 0.15) is 0 Å². The smallest absolute Gasteiger partial charge is 0.216 e. The van der Waals surface area contributed by atoms with E-state index in [9.17, 15) is 4.79 Å². The van der Waals surface area contributed by atoms with E-state index < -0.39 is 0 Å². The lowest BCUT2D eigenvalue weighted by Gasteiger charge is -2.43. The van der Waals surface area contributed by atoms with Crippen molar-refractivity contribution in [3.05, 3.63) is 35.5 Å². The Labute approximate surface area is 131 Å². The molecule has 2 aliphatic rings. The fraction of sp³-hybridized carbons (Fsp3) is 0.526. The highest BCUT2D eigenvalue weighted by atomic mass is 16.1. The largest absolute Gasteiger partial charge is 0.355 e. The van der Waals surface area contributed by atoms with Crippen LogP contribution in [0.4, 0.5) is 0 Å². The molecule has 0 saturated heterocycles. The minimum atomic E-state index is 0.0867. The van der Waals surface area contributed by atoms with Gasteiger partial charge < -0.3 is 9.88 Å². The lowest BCUT2D eigenvalue weighted by atomic mass is 9.63. The molecule has 1 aliphatic heterocycles. The fourth-order valence-corrected chi connectivity index (χ4v) is 4.44. The van der Waals surface area contributed by atoms with Crippen LogP contribution in [0.2, 0.25) is 0 Å². The van der Waals surface area contributed by atoms with Crippen LogP contribution in [-0.2, 0) is 23.2 Å². The van der Waals surface area contributed by atoms with E-state index in [-0.39, 0.29) is 11.3 Å². The predicted molar refractivity (Wildman–Crippen MR) is 89.1 cm³/mol. The molecule has 3 nitrogen and oxygen atoms in total. The summed E-state index contributed by atoms with van der Waals surface area (Å²) in [5.41, 5.74) is 4.64. The molecular formula is C19H24N2O. The Balaban J connectivity index is 1.88. The number of hydrogen-bond donors (Lipinski definition) is 1. The molecule has 3 heteroatoms. The Morgan fingerprint density at radius 3 is 2.77 bits per heavy atom. The number of nitrogens with one attached hydrogen (secondary N) is 1. The van der Waals surface area contributed by atoms with E-state index in [1.54, 1.807) is 12.5 Å². The molecule has 2 heterocycles. The average molecular weight is 296 g/mol. The van der Waals surface area contributed by atoms with Crippen molar-refractivity contribution in [1.29, 1.82) is 0 Å². The quantitative estimate of drug-likeness (QED) is 0.923. The van der Waals surface area contributed by atoms with Gasteiger partial charge in [0, 0.05) is 42.0 Å². The van der Waals surface area contributed by atoms with Gasteiger partial charge in [0.05, 0.1) is 0 Å². The van der Waals surface area contributed by atoms with Gasteiger partial charge >= 0.3 is 0 Å². The van der Waals surface area contributed by atoms with Gasteiger partial charge in [0.2, 0.25) is 5.91 Å². The van der Waals surface area contributed by atoms with Crippen molar-refractivity contribution in [3.8, 4) is 0 Å². The fourth-order valence-electron chi connectivity index (χ4n) is 4.44. The molecule has 0 unspecified atom stereocenters. The van der Waals surface area contributed by atoms with E-state index in [4.69, 9.17) is 0 Å². The van der Waals surface area contributed by atoms with E-state index in [1.807, 2.05) is 0 Å². The number of hydrogen-bond acceptors (Lipinski definition) is 1. The lowest BCUT2D eigenvalue weighted by molar-refractivity contribution is -0.119. The maximum Gasteiger partial charge on any atom is 0.216 e. The molecule has 0 radical (unpaired) electrons. The van der Waals surface area contributed by atoms with Crippen LogP contribution in [0.3, 0.4) is 0 Å². The molecule has 0 spiro atoms. The number of rotatable bonds is 3. The maximum absolute atomic E-state index is 11.4. The molecule has 1 fully saturated rings. The summed E-state index contributed by atoms with van der Waals surface area (Å²) in [6.45, 7) is 3.56. The van der Waals surface area contributed by atoms with Crippen molar-refractivity contribution in [1.82, 2.24) is 9.88 Å². The first-order valence-electron chi connectivity index (χ1n) is 8.56. The highest BCUT2D eigenvalue weighted by Gasteiger charge is 2.43. The van der Waals surface area contributed by atoms with Gasteiger partial charge in [-0.2, -0.15) is 0 Å². The van der Waals surface area contributed by atoms with Gasteiger partial charge in [-0.1, -0.05) is 24.6 Å². The summed E-state index contributed by atoms with van der Waals surface area (Å²) in [7, 11) is 0.